The molecule has 0 bridgehead atoms. The van der Waals surface area contributed by atoms with Gasteiger partial charge in [0, 0.05) is 0 Å². The molecule has 0 atom stereocenters. The molecule has 1 aromatic rings. The Morgan fingerprint density at radius 1 is 1.00 bits per heavy atom. The first-order valence-corrected chi connectivity index (χ1v) is 6.99. The van der Waals surface area contributed by atoms with E-state index in [1.165, 1.54) is 51.0 Å². The molecule has 95 valence electrons. The predicted octanol–water partition coefficient (Wildman–Crippen LogP) is 5.31. The number of aryl methyl sites for hydroxylation is 1. The van der Waals surface area contributed by atoms with E-state index in [1.807, 2.05) is 0 Å². The molecule has 0 nitrogen and oxygen atoms in total. The molecular weight excluding hydrogens is 211 g/mol. The number of unbranched alkanes of at least 4 members (excludes halogenated alkanes) is 7. The van der Waals surface area contributed by atoms with E-state index in [9.17, 15) is 4.39 Å². The molecule has 1 heteroatoms. The SMILES string of the molecule is CCCCCCCCCCc1[c]ccc(F)c1. The summed E-state index contributed by atoms with van der Waals surface area (Å²) in [5.74, 6) is -0.140. The summed E-state index contributed by atoms with van der Waals surface area (Å²) < 4.78 is 12.9. The smallest absolute Gasteiger partial charge is 0.123 e. The van der Waals surface area contributed by atoms with Gasteiger partial charge in [0.15, 0.2) is 0 Å². The fourth-order valence-corrected chi connectivity index (χ4v) is 2.08. The number of hydrogen-bond acceptors (Lipinski definition) is 0. The van der Waals surface area contributed by atoms with Gasteiger partial charge in [0.25, 0.3) is 0 Å². The fourth-order valence-electron chi connectivity index (χ4n) is 2.08. The van der Waals surface area contributed by atoms with Crippen LogP contribution in [0.4, 0.5) is 4.39 Å². The van der Waals surface area contributed by atoms with Crippen molar-refractivity contribution in [3.63, 3.8) is 0 Å². The van der Waals surface area contributed by atoms with Crippen LogP contribution in [0.3, 0.4) is 0 Å². The van der Waals surface area contributed by atoms with Crippen molar-refractivity contribution in [3.8, 4) is 0 Å². The van der Waals surface area contributed by atoms with E-state index in [0.29, 0.717) is 0 Å². The minimum absolute atomic E-state index is 0.140. The van der Waals surface area contributed by atoms with Gasteiger partial charge in [-0.15, -0.1) is 0 Å². The average molecular weight is 235 g/mol. The molecule has 1 rings (SSSR count). The molecule has 0 saturated carbocycles. The molecule has 0 unspecified atom stereocenters. The molecule has 0 spiro atoms. The minimum atomic E-state index is -0.140. The monoisotopic (exact) mass is 235 g/mol. The maximum atomic E-state index is 12.9. The van der Waals surface area contributed by atoms with E-state index < -0.39 is 0 Å². The Bertz CT molecular complexity index is 293. The lowest BCUT2D eigenvalue weighted by Crippen LogP contribution is -1.88. The molecule has 0 aliphatic carbocycles. The van der Waals surface area contributed by atoms with Gasteiger partial charge in [-0.05, 0) is 36.6 Å². The van der Waals surface area contributed by atoms with Crippen molar-refractivity contribution < 1.29 is 4.39 Å². The van der Waals surface area contributed by atoms with Gasteiger partial charge in [0.1, 0.15) is 5.82 Å². The lowest BCUT2D eigenvalue weighted by molar-refractivity contribution is 0.574. The Hall–Kier alpha value is -0.850. The zero-order valence-electron chi connectivity index (χ0n) is 11.0. The van der Waals surface area contributed by atoms with Crippen molar-refractivity contribution in [1.29, 1.82) is 0 Å². The lowest BCUT2D eigenvalue weighted by atomic mass is 10.0. The Kier molecular flexibility index (Phi) is 7.70. The largest absolute Gasteiger partial charge is 0.207 e. The fraction of sp³-hybridized carbons (Fsp3) is 0.625. The van der Waals surface area contributed by atoms with E-state index in [1.54, 1.807) is 12.1 Å². The van der Waals surface area contributed by atoms with Crippen LogP contribution in [0.25, 0.3) is 0 Å². The summed E-state index contributed by atoms with van der Waals surface area (Å²) in [5, 5.41) is 0. The summed E-state index contributed by atoms with van der Waals surface area (Å²) in [5.41, 5.74) is 1.01. The van der Waals surface area contributed by atoms with Gasteiger partial charge in [0.2, 0.25) is 0 Å². The summed E-state index contributed by atoms with van der Waals surface area (Å²) in [6.07, 6.45) is 11.5. The van der Waals surface area contributed by atoms with Gasteiger partial charge < -0.3 is 0 Å². The van der Waals surface area contributed by atoms with E-state index in [-0.39, 0.29) is 5.82 Å². The van der Waals surface area contributed by atoms with Gasteiger partial charge in [-0.2, -0.15) is 0 Å². The van der Waals surface area contributed by atoms with Crippen molar-refractivity contribution in [1.82, 2.24) is 0 Å². The number of benzene rings is 1. The van der Waals surface area contributed by atoms with Crippen molar-refractivity contribution in [2.24, 2.45) is 0 Å². The second-order valence-electron chi connectivity index (χ2n) is 4.76. The third-order valence-electron chi connectivity index (χ3n) is 3.12. The third-order valence-corrected chi connectivity index (χ3v) is 3.12. The quantitative estimate of drug-likeness (QED) is 0.509. The Morgan fingerprint density at radius 3 is 2.29 bits per heavy atom. The van der Waals surface area contributed by atoms with Gasteiger partial charge in [0.05, 0.1) is 0 Å². The molecule has 0 N–H and O–H groups in total. The molecule has 1 aromatic carbocycles. The highest BCUT2D eigenvalue weighted by Crippen LogP contribution is 2.11. The van der Waals surface area contributed by atoms with Crippen molar-refractivity contribution in [2.75, 3.05) is 0 Å². The summed E-state index contributed by atoms with van der Waals surface area (Å²) in [6, 6.07) is 7.82. The first kappa shape index (κ1) is 14.2. The Morgan fingerprint density at radius 2 is 1.65 bits per heavy atom. The Balaban J connectivity index is 1.97. The van der Waals surface area contributed by atoms with Crippen LogP contribution in [0.5, 0.6) is 0 Å². The number of halogens is 1. The van der Waals surface area contributed by atoms with Gasteiger partial charge in [-0.3, -0.25) is 0 Å². The van der Waals surface area contributed by atoms with Crippen molar-refractivity contribution >= 4 is 0 Å². The van der Waals surface area contributed by atoms with E-state index in [2.05, 4.69) is 13.0 Å². The molecule has 0 saturated heterocycles. The number of hydrogen-bond donors (Lipinski definition) is 0. The molecule has 1 radical (unpaired) electrons. The molecular formula is C16H24F. The summed E-state index contributed by atoms with van der Waals surface area (Å²) in [4.78, 5) is 0. The second-order valence-corrected chi connectivity index (χ2v) is 4.76. The molecule has 17 heavy (non-hydrogen) atoms. The maximum absolute atomic E-state index is 12.9. The van der Waals surface area contributed by atoms with Crippen LogP contribution in [-0.4, -0.2) is 0 Å². The summed E-state index contributed by atoms with van der Waals surface area (Å²) in [7, 11) is 0. The van der Waals surface area contributed by atoms with Crippen LogP contribution in [0.15, 0.2) is 18.2 Å². The van der Waals surface area contributed by atoms with Gasteiger partial charge >= 0.3 is 0 Å². The van der Waals surface area contributed by atoms with E-state index in [0.717, 1.165) is 18.4 Å². The molecule has 0 aliphatic heterocycles. The Labute approximate surface area is 105 Å². The second kappa shape index (κ2) is 9.21. The van der Waals surface area contributed by atoms with E-state index >= 15 is 0 Å². The molecule has 0 fully saturated rings. The van der Waals surface area contributed by atoms with Crippen molar-refractivity contribution in [3.05, 3.63) is 35.6 Å². The lowest BCUT2D eigenvalue weighted by Gasteiger charge is -2.02. The zero-order valence-corrected chi connectivity index (χ0v) is 11.0. The standard InChI is InChI=1S/C16H24F/c1-2-3-4-5-6-7-8-9-11-15-12-10-13-16(17)14-15/h10,13-14H,2-9,11H2,1H3. The van der Waals surface area contributed by atoms with Crippen LogP contribution in [0.2, 0.25) is 0 Å². The first-order valence-electron chi connectivity index (χ1n) is 6.99. The molecule has 0 aromatic heterocycles. The molecule has 0 aliphatic rings. The van der Waals surface area contributed by atoms with Crippen LogP contribution >= 0.6 is 0 Å². The van der Waals surface area contributed by atoms with E-state index in [4.69, 9.17) is 0 Å². The topological polar surface area (TPSA) is 0 Å². The normalized spacial score (nSPS) is 10.7. The highest BCUT2D eigenvalue weighted by atomic mass is 19.1. The zero-order chi connectivity index (χ0) is 12.3. The van der Waals surface area contributed by atoms with Crippen molar-refractivity contribution in [2.45, 2.75) is 64.7 Å². The summed E-state index contributed by atoms with van der Waals surface area (Å²) in [6.45, 7) is 2.25. The van der Waals surface area contributed by atoms with Gasteiger partial charge in [-0.1, -0.05) is 57.9 Å². The van der Waals surface area contributed by atoms with Crippen LogP contribution in [-0.2, 0) is 6.42 Å². The predicted molar refractivity (Wildman–Crippen MR) is 71.6 cm³/mol. The van der Waals surface area contributed by atoms with Crippen LogP contribution in [0, 0.1) is 11.9 Å². The van der Waals surface area contributed by atoms with Crippen LogP contribution < -0.4 is 0 Å². The van der Waals surface area contributed by atoms with Crippen LogP contribution in [0.1, 0.15) is 63.9 Å². The highest BCUT2D eigenvalue weighted by Gasteiger charge is 1.96. The minimum Gasteiger partial charge on any atom is -0.207 e. The summed E-state index contributed by atoms with van der Waals surface area (Å²) >= 11 is 0. The maximum Gasteiger partial charge on any atom is 0.123 e. The molecule has 0 heterocycles. The molecule has 0 amide bonds. The van der Waals surface area contributed by atoms with Gasteiger partial charge in [-0.25, -0.2) is 4.39 Å². The average Bonchev–Trinajstić information content (AvgIpc) is 2.33. The number of rotatable bonds is 9. The third kappa shape index (κ3) is 7.14. The highest BCUT2D eigenvalue weighted by molar-refractivity contribution is 5.14. The first-order chi connectivity index (χ1) is 8.33.